The van der Waals surface area contributed by atoms with Gasteiger partial charge in [-0.25, -0.2) is 27.9 Å². The highest BCUT2D eigenvalue weighted by atomic mass is 32.2. The summed E-state index contributed by atoms with van der Waals surface area (Å²) in [5.41, 5.74) is 3.33. The number of carbonyl (C=O) groups excluding carboxylic acids is 1. The summed E-state index contributed by atoms with van der Waals surface area (Å²) in [5, 5.41) is 0. The minimum Gasteiger partial charge on any atom is -0.475 e. The van der Waals surface area contributed by atoms with Crippen LogP contribution in [0.1, 0.15) is 54.2 Å². The van der Waals surface area contributed by atoms with E-state index in [1.807, 2.05) is 32.0 Å². The minimum atomic E-state index is -4.18. The lowest BCUT2D eigenvalue weighted by atomic mass is 9.87. The lowest BCUT2D eigenvalue weighted by molar-refractivity contribution is 0.0512. The highest BCUT2D eigenvalue weighted by Gasteiger charge is 2.31. The topological polar surface area (TPSA) is 147 Å². The van der Waals surface area contributed by atoms with Gasteiger partial charge in [0.25, 0.3) is 15.9 Å². The Morgan fingerprint density at radius 1 is 1.02 bits per heavy atom. The van der Waals surface area contributed by atoms with Gasteiger partial charge >= 0.3 is 5.69 Å². The van der Waals surface area contributed by atoms with Gasteiger partial charge in [-0.1, -0.05) is 45.0 Å². The average Bonchev–Trinajstić information content (AvgIpc) is 2.93. The molecule has 4 aromatic rings. The Labute approximate surface area is 250 Å². The zero-order valence-corrected chi connectivity index (χ0v) is 25.5. The van der Waals surface area contributed by atoms with Gasteiger partial charge in [0.1, 0.15) is 6.61 Å². The zero-order chi connectivity index (χ0) is 30.9. The number of aromatic amines is 1. The van der Waals surface area contributed by atoms with E-state index in [1.54, 1.807) is 17.0 Å². The summed E-state index contributed by atoms with van der Waals surface area (Å²) in [7, 11) is -4.18. The van der Waals surface area contributed by atoms with Crippen molar-refractivity contribution in [3.8, 4) is 17.1 Å². The molecule has 11 nitrogen and oxygen atoms in total. The van der Waals surface area contributed by atoms with Crippen molar-refractivity contribution >= 4 is 21.9 Å². The van der Waals surface area contributed by atoms with Gasteiger partial charge < -0.3 is 14.6 Å². The summed E-state index contributed by atoms with van der Waals surface area (Å²) >= 11 is 0. The summed E-state index contributed by atoms with van der Waals surface area (Å²) < 4.78 is 35.8. The van der Waals surface area contributed by atoms with Crippen molar-refractivity contribution in [2.24, 2.45) is 5.41 Å². The first-order valence-corrected chi connectivity index (χ1v) is 15.3. The Morgan fingerprint density at radius 3 is 2.42 bits per heavy atom. The molecular formula is C31H34N6O5S. The Bertz CT molecular complexity index is 1810. The highest BCUT2D eigenvalue weighted by Crippen LogP contribution is 2.31. The van der Waals surface area contributed by atoms with E-state index in [4.69, 9.17) is 4.74 Å². The summed E-state index contributed by atoms with van der Waals surface area (Å²) in [6.07, 6.45) is 3.48. The summed E-state index contributed by atoms with van der Waals surface area (Å²) in [5.74, 6) is -0.377. The molecule has 0 saturated heterocycles. The molecule has 5 rings (SSSR count). The van der Waals surface area contributed by atoms with E-state index >= 15 is 0 Å². The Kier molecular flexibility index (Phi) is 8.06. The number of nitrogens with one attached hydrogen (secondary N) is 2. The van der Waals surface area contributed by atoms with Crippen LogP contribution < -0.4 is 15.1 Å². The van der Waals surface area contributed by atoms with Crippen molar-refractivity contribution < 1.29 is 17.9 Å². The van der Waals surface area contributed by atoms with Crippen LogP contribution in [0, 0.1) is 19.3 Å². The number of anilines is 1. The number of amides is 1. The quantitative estimate of drug-likeness (QED) is 0.347. The molecule has 0 radical (unpaired) electrons. The van der Waals surface area contributed by atoms with Crippen LogP contribution in [0.15, 0.2) is 70.6 Å². The maximum atomic E-state index is 14.1. The molecule has 0 fully saturated rings. The zero-order valence-electron chi connectivity index (χ0n) is 24.7. The van der Waals surface area contributed by atoms with E-state index < -0.39 is 27.7 Å². The molecule has 3 heterocycles. The molecule has 2 aromatic heterocycles. The maximum absolute atomic E-state index is 14.1. The third-order valence-corrected chi connectivity index (χ3v) is 8.44. The molecule has 2 aromatic carbocycles. The molecule has 4 bridgehead atoms. The predicted octanol–water partition coefficient (Wildman–Crippen LogP) is 4.48. The van der Waals surface area contributed by atoms with Crippen LogP contribution in [0.2, 0.25) is 0 Å². The van der Waals surface area contributed by atoms with Crippen molar-refractivity contribution in [1.82, 2.24) is 24.8 Å². The molecular weight excluding hydrogens is 568 g/mol. The van der Waals surface area contributed by atoms with Crippen molar-refractivity contribution in [3.05, 3.63) is 93.7 Å². The minimum absolute atomic E-state index is 0.0644. The van der Waals surface area contributed by atoms with Gasteiger partial charge in [0, 0.05) is 41.7 Å². The molecule has 1 aliphatic heterocycles. The van der Waals surface area contributed by atoms with E-state index in [-0.39, 0.29) is 40.9 Å². The van der Waals surface area contributed by atoms with Crippen LogP contribution in [0.5, 0.6) is 5.88 Å². The van der Waals surface area contributed by atoms with Gasteiger partial charge in [0.15, 0.2) is 0 Å². The highest BCUT2D eigenvalue weighted by molar-refractivity contribution is 7.92. The van der Waals surface area contributed by atoms with Gasteiger partial charge in [-0.3, -0.25) is 4.79 Å². The van der Waals surface area contributed by atoms with Crippen LogP contribution >= 0.6 is 0 Å². The van der Waals surface area contributed by atoms with Crippen molar-refractivity contribution in [1.29, 1.82) is 0 Å². The fraction of sp³-hybridized carbons (Fsp3) is 0.323. The second-order valence-electron chi connectivity index (χ2n) is 11.9. The lowest BCUT2D eigenvalue weighted by Crippen LogP contribution is -2.45. The van der Waals surface area contributed by atoms with Crippen molar-refractivity contribution in [3.63, 3.8) is 0 Å². The molecule has 0 saturated carbocycles. The first-order chi connectivity index (χ1) is 20.3. The third-order valence-electron chi connectivity index (χ3n) is 7.11. The lowest BCUT2D eigenvalue weighted by Gasteiger charge is -2.35. The molecule has 12 heteroatoms. The molecule has 0 aliphatic carbocycles. The molecule has 224 valence electrons. The average molecular weight is 603 g/mol. The second kappa shape index (κ2) is 11.6. The van der Waals surface area contributed by atoms with Crippen LogP contribution in [0.25, 0.3) is 11.3 Å². The van der Waals surface area contributed by atoms with Crippen molar-refractivity contribution in [2.45, 2.75) is 58.5 Å². The monoisotopic (exact) mass is 602 g/mol. The number of ether oxygens (including phenoxy) is 1. The number of benzene rings is 2. The number of hydrogen-bond donors (Lipinski definition) is 2. The van der Waals surface area contributed by atoms with Crippen molar-refractivity contribution in [2.75, 3.05) is 11.3 Å². The van der Waals surface area contributed by atoms with Crippen LogP contribution in [0.4, 0.5) is 5.95 Å². The van der Waals surface area contributed by atoms with Gasteiger partial charge in [-0.05, 0) is 55.0 Å². The molecule has 0 unspecified atom stereocenters. The molecule has 43 heavy (non-hydrogen) atoms. The van der Waals surface area contributed by atoms with Gasteiger partial charge in [0.05, 0.1) is 16.6 Å². The largest absolute Gasteiger partial charge is 0.475 e. The number of H-pyrrole nitrogens is 1. The van der Waals surface area contributed by atoms with Crippen LogP contribution in [0.3, 0.4) is 0 Å². The number of nitrogens with zero attached hydrogens (tertiary/aromatic N) is 4. The van der Waals surface area contributed by atoms with E-state index in [1.165, 1.54) is 30.6 Å². The number of hydrogen-bond acceptors (Lipinski definition) is 8. The Hall–Kier alpha value is -4.58. The first-order valence-electron chi connectivity index (χ1n) is 13.8. The van der Waals surface area contributed by atoms with E-state index in [0.717, 1.165) is 16.7 Å². The SMILES string of the molecule is Cc1cccc(C)c1-c1cc2nc(n1)NS(=O)(=O)c1cccc(c1)C(=O)N(Cc1cnc(=O)[nH]c1)[C@H](CC(C)(C)C)CO2. The number of fused-ring (bicyclic) bond motifs is 4. The maximum Gasteiger partial charge on any atom is 0.344 e. The Morgan fingerprint density at radius 2 is 1.74 bits per heavy atom. The first kappa shape index (κ1) is 29.9. The van der Waals surface area contributed by atoms with Crippen LogP contribution in [-0.4, -0.2) is 51.8 Å². The Balaban J connectivity index is 1.68. The molecule has 1 aliphatic rings. The summed E-state index contributed by atoms with van der Waals surface area (Å²) in [4.78, 5) is 42.6. The number of sulfonamides is 1. The fourth-order valence-corrected chi connectivity index (χ4v) is 6.19. The molecule has 2 N–H and O–H groups in total. The summed E-state index contributed by atoms with van der Waals surface area (Å²) in [6.45, 7) is 10.3. The van der Waals surface area contributed by atoms with Gasteiger partial charge in [-0.2, -0.15) is 4.98 Å². The number of rotatable bonds is 4. The van der Waals surface area contributed by atoms with Gasteiger partial charge in [0.2, 0.25) is 11.8 Å². The van der Waals surface area contributed by atoms with Crippen LogP contribution in [-0.2, 0) is 16.6 Å². The van der Waals surface area contributed by atoms with E-state index in [0.29, 0.717) is 17.7 Å². The van der Waals surface area contributed by atoms with E-state index in [2.05, 4.69) is 45.4 Å². The predicted molar refractivity (Wildman–Crippen MR) is 162 cm³/mol. The smallest absolute Gasteiger partial charge is 0.344 e. The standard InChI is InChI=1S/C31H34N6O5S/c1-19-8-6-9-20(2)27(19)25-13-26-35-29(34-25)36-43(40,41)24-11-7-10-22(12-24)28(38)37(17-21-15-32-30(39)33-16-21)23(18-42-26)14-31(3,4)5/h6-13,15-16,23H,14,17-18H2,1-5H3,(H,32,33,39)(H,34,35,36)/t23-/m1/s1. The fourth-order valence-electron chi connectivity index (χ4n) is 5.20. The number of aromatic nitrogens is 4. The molecule has 1 atom stereocenters. The third kappa shape index (κ3) is 6.91. The van der Waals surface area contributed by atoms with Gasteiger partial charge in [-0.15, -0.1) is 0 Å². The number of aryl methyl sites for hydroxylation is 2. The summed E-state index contributed by atoms with van der Waals surface area (Å²) in [6, 6.07) is 12.9. The molecule has 0 spiro atoms. The van der Waals surface area contributed by atoms with E-state index in [9.17, 15) is 18.0 Å². The normalized spacial score (nSPS) is 16.7. The number of carbonyl (C=O) groups is 1. The molecule has 1 amide bonds. The second-order valence-corrected chi connectivity index (χ2v) is 13.6.